The molecule has 0 radical (unpaired) electrons. The zero-order chi connectivity index (χ0) is 14.5. The maximum absolute atomic E-state index is 11.5. The molecule has 0 saturated heterocycles. The van der Waals surface area contributed by atoms with Gasteiger partial charge in [-0.2, -0.15) is 0 Å². The molecule has 1 aromatic carbocycles. The number of nitrogens with zero attached hydrogens (tertiary/aromatic N) is 1. The first-order valence-electron chi connectivity index (χ1n) is 6.28. The van der Waals surface area contributed by atoms with Crippen molar-refractivity contribution in [2.24, 2.45) is 0 Å². The van der Waals surface area contributed by atoms with Crippen molar-refractivity contribution >= 4 is 27.5 Å². The highest BCUT2D eigenvalue weighted by Crippen LogP contribution is 2.17. The number of aryl methyl sites for hydroxylation is 1. The lowest BCUT2D eigenvalue weighted by Gasteiger charge is -2.10. The van der Waals surface area contributed by atoms with E-state index in [0.717, 1.165) is 21.5 Å². The molecular formula is C15H16BrN3O. The van der Waals surface area contributed by atoms with Crippen LogP contribution in [0.15, 0.2) is 41.0 Å². The zero-order valence-corrected chi connectivity index (χ0v) is 13.0. The van der Waals surface area contributed by atoms with Crippen molar-refractivity contribution < 1.29 is 4.79 Å². The summed E-state index contributed by atoms with van der Waals surface area (Å²) in [7, 11) is 1.63. The van der Waals surface area contributed by atoms with E-state index in [1.165, 1.54) is 0 Å². The van der Waals surface area contributed by atoms with Crippen molar-refractivity contribution in [1.29, 1.82) is 0 Å². The van der Waals surface area contributed by atoms with Gasteiger partial charge in [-0.05, 0) is 58.7 Å². The molecule has 0 bridgehead atoms. The Kier molecular flexibility index (Phi) is 4.74. The smallest absolute Gasteiger partial charge is 0.251 e. The maximum atomic E-state index is 11.5. The molecule has 104 valence electrons. The predicted octanol–water partition coefficient (Wildman–Crippen LogP) is 3.12. The maximum Gasteiger partial charge on any atom is 0.251 e. The van der Waals surface area contributed by atoms with Gasteiger partial charge in [0.2, 0.25) is 0 Å². The molecule has 1 amide bonds. The second-order valence-electron chi connectivity index (χ2n) is 4.41. The largest absolute Gasteiger partial charge is 0.379 e. The van der Waals surface area contributed by atoms with Gasteiger partial charge in [-0.15, -0.1) is 0 Å². The molecule has 0 atom stereocenters. The number of halogens is 1. The van der Waals surface area contributed by atoms with Gasteiger partial charge in [-0.1, -0.05) is 6.07 Å². The van der Waals surface area contributed by atoms with Gasteiger partial charge in [0.1, 0.15) is 4.60 Å². The summed E-state index contributed by atoms with van der Waals surface area (Å²) in [5.41, 5.74) is 3.64. The topological polar surface area (TPSA) is 54.0 Å². The molecule has 0 aliphatic heterocycles. The molecule has 2 aromatic rings. The van der Waals surface area contributed by atoms with Crippen LogP contribution in [0.2, 0.25) is 0 Å². The first-order valence-corrected chi connectivity index (χ1v) is 7.07. The van der Waals surface area contributed by atoms with Crippen molar-refractivity contribution in [3.05, 3.63) is 57.8 Å². The van der Waals surface area contributed by atoms with Crippen LogP contribution in [-0.2, 0) is 6.54 Å². The summed E-state index contributed by atoms with van der Waals surface area (Å²) in [6.45, 7) is 2.61. The highest BCUT2D eigenvalue weighted by atomic mass is 79.9. The minimum Gasteiger partial charge on any atom is -0.379 e. The fourth-order valence-corrected chi connectivity index (χ4v) is 2.26. The molecule has 0 saturated carbocycles. The third-order valence-electron chi connectivity index (χ3n) is 2.95. The third kappa shape index (κ3) is 3.57. The Balaban J connectivity index is 2.08. The number of anilines is 1. The molecule has 20 heavy (non-hydrogen) atoms. The lowest BCUT2D eigenvalue weighted by atomic mass is 10.1. The monoisotopic (exact) mass is 333 g/mol. The molecule has 4 nitrogen and oxygen atoms in total. The van der Waals surface area contributed by atoms with Gasteiger partial charge in [0.05, 0.1) is 12.2 Å². The Bertz CT molecular complexity index is 628. The summed E-state index contributed by atoms with van der Waals surface area (Å²) in [4.78, 5) is 15.9. The number of aromatic nitrogens is 1. The number of rotatable bonds is 4. The van der Waals surface area contributed by atoms with Crippen molar-refractivity contribution in [1.82, 2.24) is 10.3 Å². The fraction of sp³-hybridized carbons (Fsp3) is 0.200. The van der Waals surface area contributed by atoms with E-state index in [1.54, 1.807) is 7.05 Å². The summed E-state index contributed by atoms with van der Waals surface area (Å²) in [6, 6.07) is 11.4. The van der Waals surface area contributed by atoms with Crippen LogP contribution in [0.25, 0.3) is 0 Å². The predicted molar refractivity (Wildman–Crippen MR) is 83.8 cm³/mol. The Hall–Kier alpha value is -1.88. The molecule has 0 unspecified atom stereocenters. The summed E-state index contributed by atoms with van der Waals surface area (Å²) >= 11 is 3.35. The number of carbonyl (C=O) groups is 1. The third-order valence-corrected chi connectivity index (χ3v) is 3.39. The molecule has 0 aliphatic carbocycles. The lowest BCUT2D eigenvalue weighted by Crippen LogP contribution is -2.17. The van der Waals surface area contributed by atoms with Gasteiger partial charge >= 0.3 is 0 Å². The van der Waals surface area contributed by atoms with E-state index in [4.69, 9.17) is 0 Å². The van der Waals surface area contributed by atoms with Crippen LogP contribution in [0.4, 0.5) is 5.69 Å². The summed E-state index contributed by atoms with van der Waals surface area (Å²) in [5, 5.41) is 5.94. The SMILES string of the molecule is CNC(=O)c1ccc(NCc2cccc(Br)n2)c(C)c1. The number of pyridine rings is 1. The number of hydrogen-bond acceptors (Lipinski definition) is 3. The van der Waals surface area contributed by atoms with E-state index in [0.29, 0.717) is 12.1 Å². The number of hydrogen-bond donors (Lipinski definition) is 2. The molecule has 1 aromatic heterocycles. The van der Waals surface area contributed by atoms with Crippen molar-refractivity contribution in [2.45, 2.75) is 13.5 Å². The highest BCUT2D eigenvalue weighted by molar-refractivity contribution is 9.10. The van der Waals surface area contributed by atoms with E-state index >= 15 is 0 Å². The van der Waals surface area contributed by atoms with Crippen LogP contribution < -0.4 is 10.6 Å². The number of amides is 1. The lowest BCUT2D eigenvalue weighted by molar-refractivity contribution is 0.0963. The van der Waals surface area contributed by atoms with Gasteiger partial charge in [0.25, 0.3) is 5.91 Å². The van der Waals surface area contributed by atoms with E-state index in [9.17, 15) is 4.79 Å². The van der Waals surface area contributed by atoms with Gasteiger partial charge in [-0.25, -0.2) is 4.98 Å². The second-order valence-corrected chi connectivity index (χ2v) is 5.23. The Labute approximate surface area is 126 Å². The van der Waals surface area contributed by atoms with Crippen LogP contribution in [0, 0.1) is 6.92 Å². The minimum absolute atomic E-state index is 0.0756. The number of nitrogens with one attached hydrogen (secondary N) is 2. The quantitative estimate of drug-likeness (QED) is 0.845. The Morgan fingerprint density at radius 1 is 1.30 bits per heavy atom. The molecule has 2 rings (SSSR count). The first kappa shape index (κ1) is 14.5. The van der Waals surface area contributed by atoms with Gasteiger partial charge in [0.15, 0.2) is 0 Å². The fourth-order valence-electron chi connectivity index (χ4n) is 1.88. The van der Waals surface area contributed by atoms with Gasteiger partial charge in [0, 0.05) is 18.3 Å². The van der Waals surface area contributed by atoms with Crippen LogP contribution in [0.1, 0.15) is 21.6 Å². The summed E-state index contributed by atoms with van der Waals surface area (Å²) in [6.07, 6.45) is 0. The summed E-state index contributed by atoms with van der Waals surface area (Å²) in [5.74, 6) is -0.0756. The van der Waals surface area contributed by atoms with Crippen molar-refractivity contribution in [3.63, 3.8) is 0 Å². The highest BCUT2D eigenvalue weighted by Gasteiger charge is 2.06. The van der Waals surface area contributed by atoms with Crippen molar-refractivity contribution in [3.8, 4) is 0 Å². The van der Waals surface area contributed by atoms with E-state index in [2.05, 4.69) is 31.5 Å². The van der Waals surface area contributed by atoms with E-state index < -0.39 is 0 Å². The zero-order valence-electron chi connectivity index (χ0n) is 11.4. The first-order chi connectivity index (χ1) is 9.60. The molecule has 0 aliphatic rings. The molecule has 5 heteroatoms. The molecular weight excluding hydrogens is 318 g/mol. The van der Waals surface area contributed by atoms with Crippen LogP contribution in [0.5, 0.6) is 0 Å². The molecule has 1 heterocycles. The van der Waals surface area contributed by atoms with Gasteiger partial charge in [-0.3, -0.25) is 4.79 Å². The molecule has 0 fully saturated rings. The molecule has 2 N–H and O–H groups in total. The van der Waals surface area contributed by atoms with Crippen LogP contribution in [0.3, 0.4) is 0 Å². The average molecular weight is 334 g/mol. The van der Waals surface area contributed by atoms with Crippen LogP contribution >= 0.6 is 15.9 Å². The van der Waals surface area contributed by atoms with Gasteiger partial charge < -0.3 is 10.6 Å². The van der Waals surface area contributed by atoms with E-state index in [1.807, 2.05) is 43.3 Å². The average Bonchev–Trinajstić information content (AvgIpc) is 2.45. The Morgan fingerprint density at radius 3 is 2.75 bits per heavy atom. The van der Waals surface area contributed by atoms with Crippen LogP contribution in [-0.4, -0.2) is 17.9 Å². The number of benzene rings is 1. The standard InChI is InChI=1S/C15H16BrN3O/c1-10-8-11(15(20)17-2)6-7-13(10)18-9-12-4-3-5-14(16)19-12/h3-8,18H,9H2,1-2H3,(H,17,20). The normalized spacial score (nSPS) is 10.2. The number of carbonyl (C=O) groups excluding carboxylic acids is 1. The second kappa shape index (κ2) is 6.52. The summed E-state index contributed by atoms with van der Waals surface area (Å²) < 4.78 is 0.823. The van der Waals surface area contributed by atoms with Crippen molar-refractivity contribution in [2.75, 3.05) is 12.4 Å². The molecule has 0 spiro atoms. The Morgan fingerprint density at radius 2 is 2.10 bits per heavy atom. The van der Waals surface area contributed by atoms with E-state index in [-0.39, 0.29) is 5.91 Å². The minimum atomic E-state index is -0.0756.